The summed E-state index contributed by atoms with van der Waals surface area (Å²) in [7, 11) is 0. The number of rotatable bonds is 1. The van der Waals surface area contributed by atoms with Crippen LogP contribution < -0.4 is 0 Å². The van der Waals surface area contributed by atoms with E-state index in [1.165, 1.54) is 6.20 Å². The first kappa shape index (κ1) is 7.44. The number of aryl methyl sites for hydroxylation is 1. The fourth-order valence-electron chi connectivity index (χ4n) is 0.633. The number of aliphatic hydroxyl groups is 1. The Balaban J connectivity index is 3.07. The van der Waals surface area contributed by atoms with Gasteiger partial charge < -0.3 is 5.11 Å². The summed E-state index contributed by atoms with van der Waals surface area (Å²) >= 11 is 5.52. The van der Waals surface area contributed by atoms with E-state index in [9.17, 15) is 0 Å². The molecule has 0 aromatic carbocycles. The van der Waals surface area contributed by atoms with Crippen molar-refractivity contribution in [3.05, 3.63) is 22.7 Å². The fraction of sp³-hybridized carbons (Fsp3) is 0.333. The van der Waals surface area contributed by atoms with Crippen LogP contribution in [0.15, 0.2) is 6.20 Å². The molecular weight excluding hydrogens is 152 g/mol. The van der Waals surface area contributed by atoms with Gasteiger partial charge in [0.1, 0.15) is 5.15 Å². The minimum Gasteiger partial charge on any atom is -0.390 e. The number of hydrogen-bond acceptors (Lipinski definition) is 3. The van der Waals surface area contributed by atoms with Crippen molar-refractivity contribution in [3.63, 3.8) is 0 Å². The van der Waals surface area contributed by atoms with Crippen molar-refractivity contribution in [2.75, 3.05) is 0 Å². The first-order chi connectivity index (χ1) is 4.74. The molecule has 10 heavy (non-hydrogen) atoms. The number of hydrogen-bond donors (Lipinski definition) is 1. The SMILES string of the molecule is Cc1nc(Cl)cnc1CO. The summed E-state index contributed by atoms with van der Waals surface area (Å²) in [5.41, 5.74) is 1.25. The Morgan fingerprint density at radius 2 is 2.40 bits per heavy atom. The van der Waals surface area contributed by atoms with Gasteiger partial charge in [0.15, 0.2) is 0 Å². The summed E-state index contributed by atoms with van der Waals surface area (Å²) < 4.78 is 0. The molecule has 0 atom stereocenters. The van der Waals surface area contributed by atoms with E-state index in [1.807, 2.05) is 0 Å². The van der Waals surface area contributed by atoms with Crippen molar-refractivity contribution in [1.29, 1.82) is 0 Å². The topological polar surface area (TPSA) is 46.0 Å². The summed E-state index contributed by atoms with van der Waals surface area (Å²) in [6, 6.07) is 0. The summed E-state index contributed by atoms with van der Waals surface area (Å²) in [5, 5.41) is 9.02. The largest absolute Gasteiger partial charge is 0.390 e. The highest BCUT2D eigenvalue weighted by Crippen LogP contribution is 2.06. The highest BCUT2D eigenvalue weighted by molar-refractivity contribution is 6.29. The van der Waals surface area contributed by atoms with Crippen LogP contribution in [0.25, 0.3) is 0 Å². The third-order valence-corrected chi connectivity index (χ3v) is 1.35. The Labute approximate surface area is 63.7 Å². The van der Waals surface area contributed by atoms with E-state index in [1.54, 1.807) is 6.92 Å². The second-order valence-corrected chi connectivity index (χ2v) is 2.27. The van der Waals surface area contributed by atoms with Gasteiger partial charge in [-0.15, -0.1) is 0 Å². The van der Waals surface area contributed by atoms with Crippen molar-refractivity contribution in [2.24, 2.45) is 0 Å². The highest BCUT2D eigenvalue weighted by atomic mass is 35.5. The molecule has 0 unspecified atom stereocenters. The molecule has 54 valence electrons. The van der Waals surface area contributed by atoms with Crippen molar-refractivity contribution in [1.82, 2.24) is 9.97 Å². The molecule has 0 aliphatic rings. The molecule has 1 aromatic rings. The highest BCUT2D eigenvalue weighted by Gasteiger charge is 1.98. The van der Waals surface area contributed by atoms with E-state index in [0.717, 1.165) is 0 Å². The van der Waals surface area contributed by atoms with E-state index >= 15 is 0 Å². The molecule has 0 saturated heterocycles. The van der Waals surface area contributed by atoms with Crippen LogP contribution in [0.3, 0.4) is 0 Å². The molecule has 0 spiro atoms. The molecule has 0 saturated carbocycles. The second-order valence-electron chi connectivity index (χ2n) is 1.88. The lowest BCUT2D eigenvalue weighted by Gasteiger charge is -1.98. The molecule has 0 amide bonds. The van der Waals surface area contributed by atoms with Crippen LogP contribution in [-0.2, 0) is 6.61 Å². The van der Waals surface area contributed by atoms with Crippen LogP contribution in [0.4, 0.5) is 0 Å². The van der Waals surface area contributed by atoms with Gasteiger partial charge in [0.2, 0.25) is 0 Å². The number of aromatic nitrogens is 2. The monoisotopic (exact) mass is 158 g/mol. The maximum absolute atomic E-state index is 8.66. The first-order valence-corrected chi connectivity index (χ1v) is 3.20. The van der Waals surface area contributed by atoms with Gasteiger partial charge in [-0.3, -0.25) is 4.98 Å². The summed E-state index contributed by atoms with van der Waals surface area (Å²) in [5.74, 6) is 0. The Bertz CT molecular complexity index is 239. The van der Waals surface area contributed by atoms with Crippen LogP contribution in [0.5, 0.6) is 0 Å². The van der Waals surface area contributed by atoms with Crippen molar-refractivity contribution >= 4 is 11.6 Å². The quantitative estimate of drug-likeness (QED) is 0.662. The molecule has 0 aliphatic heterocycles. The molecule has 1 N–H and O–H groups in total. The molecule has 0 radical (unpaired) electrons. The third-order valence-electron chi connectivity index (χ3n) is 1.17. The van der Waals surface area contributed by atoms with Gasteiger partial charge in [0.25, 0.3) is 0 Å². The minimum atomic E-state index is -0.0873. The smallest absolute Gasteiger partial charge is 0.147 e. The summed E-state index contributed by atoms with van der Waals surface area (Å²) in [6.45, 7) is 1.67. The molecule has 0 fully saturated rings. The zero-order valence-corrected chi connectivity index (χ0v) is 6.26. The standard InChI is InChI=1S/C6H7ClN2O/c1-4-5(3-10)8-2-6(7)9-4/h2,10H,3H2,1H3. The lowest BCUT2D eigenvalue weighted by atomic mass is 10.3. The molecule has 4 heteroatoms. The predicted octanol–water partition coefficient (Wildman–Crippen LogP) is 0.931. The van der Waals surface area contributed by atoms with Crippen molar-refractivity contribution in [2.45, 2.75) is 13.5 Å². The lowest BCUT2D eigenvalue weighted by molar-refractivity contribution is 0.275. The van der Waals surface area contributed by atoms with Crippen LogP contribution in [0, 0.1) is 6.92 Å². The van der Waals surface area contributed by atoms with E-state index in [-0.39, 0.29) is 6.61 Å². The average molecular weight is 159 g/mol. The van der Waals surface area contributed by atoms with E-state index < -0.39 is 0 Å². The van der Waals surface area contributed by atoms with Crippen LogP contribution >= 0.6 is 11.6 Å². The molecular formula is C6H7ClN2O. The average Bonchev–Trinajstić information content (AvgIpc) is 1.88. The van der Waals surface area contributed by atoms with Crippen molar-refractivity contribution < 1.29 is 5.11 Å². The van der Waals surface area contributed by atoms with E-state index in [2.05, 4.69) is 9.97 Å². The molecule has 0 bridgehead atoms. The van der Waals surface area contributed by atoms with Gasteiger partial charge in [-0.05, 0) is 6.92 Å². The maximum Gasteiger partial charge on any atom is 0.147 e. The normalized spacial score (nSPS) is 9.90. The van der Waals surface area contributed by atoms with Gasteiger partial charge in [0.05, 0.1) is 24.2 Å². The summed E-state index contributed by atoms with van der Waals surface area (Å²) in [4.78, 5) is 7.74. The lowest BCUT2D eigenvalue weighted by Crippen LogP contribution is -1.95. The van der Waals surface area contributed by atoms with Gasteiger partial charge in [-0.1, -0.05) is 11.6 Å². The summed E-state index contributed by atoms with van der Waals surface area (Å²) in [6.07, 6.45) is 1.42. The number of halogens is 1. The second kappa shape index (κ2) is 2.94. The van der Waals surface area contributed by atoms with Crippen LogP contribution in [-0.4, -0.2) is 15.1 Å². The van der Waals surface area contributed by atoms with Gasteiger partial charge in [0, 0.05) is 0 Å². The van der Waals surface area contributed by atoms with Gasteiger partial charge in [-0.25, -0.2) is 4.98 Å². The van der Waals surface area contributed by atoms with Crippen LogP contribution in [0.2, 0.25) is 5.15 Å². The Kier molecular flexibility index (Phi) is 2.19. The third kappa shape index (κ3) is 1.43. The van der Waals surface area contributed by atoms with Gasteiger partial charge >= 0.3 is 0 Å². The Morgan fingerprint density at radius 3 is 2.90 bits per heavy atom. The zero-order chi connectivity index (χ0) is 7.56. The van der Waals surface area contributed by atoms with E-state index in [4.69, 9.17) is 16.7 Å². The first-order valence-electron chi connectivity index (χ1n) is 2.83. The van der Waals surface area contributed by atoms with Crippen molar-refractivity contribution in [3.8, 4) is 0 Å². The molecule has 1 heterocycles. The van der Waals surface area contributed by atoms with E-state index in [0.29, 0.717) is 16.5 Å². The Morgan fingerprint density at radius 1 is 1.70 bits per heavy atom. The van der Waals surface area contributed by atoms with Crippen LogP contribution in [0.1, 0.15) is 11.4 Å². The minimum absolute atomic E-state index is 0.0873. The predicted molar refractivity (Wildman–Crippen MR) is 37.7 cm³/mol. The zero-order valence-electron chi connectivity index (χ0n) is 5.50. The maximum atomic E-state index is 8.66. The number of nitrogens with zero attached hydrogens (tertiary/aromatic N) is 2. The fourth-order valence-corrected chi connectivity index (χ4v) is 0.809. The van der Waals surface area contributed by atoms with Gasteiger partial charge in [-0.2, -0.15) is 0 Å². The Hall–Kier alpha value is -0.670. The molecule has 1 rings (SSSR count). The molecule has 3 nitrogen and oxygen atoms in total. The number of aliphatic hydroxyl groups excluding tert-OH is 1. The molecule has 1 aromatic heterocycles. The molecule has 0 aliphatic carbocycles.